The quantitative estimate of drug-likeness (QED) is 0.378. The van der Waals surface area contributed by atoms with E-state index < -0.39 is 22.7 Å². The van der Waals surface area contributed by atoms with Gasteiger partial charge in [-0.3, -0.25) is 19.7 Å². The fourth-order valence-corrected chi connectivity index (χ4v) is 1.98. The van der Waals surface area contributed by atoms with Gasteiger partial charge in [-0.05, 0) is 18.2 Å². The minimum Gasteiger partial charge on any atom is -0.465 e. The molecule has 0 bridgehead atoms. The van der Waals surface area contributed by atoms with Gasteiger partial charge in [0.05, 0.1) is 23.3 Å². The largest absolute Gasteiger partial charge is 0.465 e. The van der Waals surface area contributed by atoms with Crippen LogP contribution >= 0.6 is 0 Å². The Bertz CT molecular complexity index is 849. The highest BCUT2D eigenvalue weighted by Crippen LogP contribution is 2.23. The standard InChI is InChI=1S/C16H13N3O6/c1-25-16(22)10-6-2-3-7-11(10)17-14(20)15(21)18-12-8-4-5-9-13(12)19(23)24/h2-9H,1H3,(H,17,20)(H,18,21). The van der Waals surface area contributed by atoms with Crippen LogP contribution in [0.1, 0.15) is 10.4 Å². The van der Waals surface area contributed by atoms with Crippen molar-refractivity contribution in [2.45, 2.75) is 0 Å². The molecule has 0 aliphatic rings. The highest BCUT2D eigenvalue weighted by molar-refractivity contribution is 6.44. The summed E-state index contributed by atoms with van der Waals surface area (Å²) in [5.41, 5.74) is -0.318. The maximum atomic E-state index is 12.0. The van der Waals surface area contributed by atoms with E-state index in [1.54, 1.807) is 12.1 Å². The SMILES string of the molecule is COC(=O)c1ccccc1NC(=O)C(=O)Nc1ccccc1[N+](=O)[O-]. The van der Waals surface area contributed by atoms with E-state index >= 15 is 0 Å². The molecule has 0 aliphatic carbocycles. The summed E-state index contributed by atoms with van der Waals surface area (Å²) in [6, 6.07) is 11.4. The van der Waals surface area contributed by atoms with Crippen LogP contribution in [0.2, 0.25) is 0 Å². The van der Waals surface area contributed by atoms with Crippen LogP contribution in [0.4, 0.5) is 17.1 Å². The van der Waals surface area contributed by atoms with E-state index in [0.717, 1.165) is 0 Å². The fourth-order valence-electron chi connectivity index (χ4n) is 1.98. The van der Waals surface area contributed by atoms with Gasteiger partial charge >= 0.3 is 17.8 Å². The van der Waals surface area contributed by atoms with Crippen molar-refractivity contribution in [2.75, 3.05) is 17.7 Å². The molecule has 0 atom stereocenters. The average molecular weight is 343 g/mol. The number of amides is 2. The number of nitro benzene ring substituents is 1. The molecule has 0 saturated carbocycles. The molecule has 9 nitrogen and oxygen atoms in total. The molecule has 2 rings (SSSR count). The van der Waals surface area contributed by atoms with E-state index in [1.165, 1.54) is 43.5 Å². The first-order chi connectivity index (χ1) is 11.9. The molecule has 0 spiro atoms. The van der Waals surface area contributed by atoms with Crippen molar-refractivity contribution in [3.63, 3.8) is 0 Å². The van der Waals surface area contributed by atoms with Gasteiger partial charge in [-0.15, -0.1) is 0 Å². The van der Waals surface area contributed by atoms with Crippen LogP contribution in [0.25, 0.3) is 0 Å². The van der Waals surface area contributed by atoms with Crippen molar-refractivity contribution in [3.05, 3.63) is 64.2 Å². The normalized spacial score (nSPS) is 9.80. The molecule has 0 unspecified atom stereocenters. The lowest BCUT2D eigenvalue weighted by molar-refractivity contribution is -0.383. The van der Waals surface area contributed by atoms with Crippen LogP contribution in [0.3, 0.4) is 0 Å². The summed E-state index contributed by atoms with van der Waals surface area (Å²) in [6.07, 6.45) is 0. The number of nitro groups is 1. The molecule has 2 aromatic rings. The summed E-state index contributed by atoms with van der Waals surface area (Å²) in [6.45, 7) is 0. The Morgan fingerprint density at radius 2 is 1.44 bits per heavy atom. The third kappa shape index (κ3) is 4.16. The van der Waals surface area contributed by atoms with Gasteiger partial charge in [0.15, 0.2) is 0 Å². The molecule has 0 aromatic heterocycles. The molecule has 2 amide bonds. The van der Waals surface area contributed by atoms with E-state index in [4.69, 9.17) is 0 Å². The second-order valence-electron chi connectivity index (χ2n) is 4.72. The van der Waals surface area contributed by atoms with Crippen molar-refractivity contribution in [2.24, 2.45) is 0 Å². The number of ether oxygens (including phenoxy) is 1. The fraction of sp³-hybridized carbons (Fsp3) is 0.0625. The molecule has 25 heavy (non-hydrogen) atoms. The van der Waals surface area contributed by atoms with Crippen molar-refractivity contribution >= 4 is 34.8 Å². The van der Waals surface area contributed by atoms with Crippen LogP contribution in [0.5, 0.6) is 0 Å². The maximum absolute atomic E-state index is 12.0. The van der Waals surface area contributed by atoms with Crippen molar-refractivity contribution in [1.29, 1.82) is 0 Å². The van der Waals surface area contributed by atoms with Gasteiger partial charge in [0, 0.05) is 6.07 Å². The van der Waals surface area contributed by atoms with Gasteiger partial charge in [0.2, 0.25) is 0 Å². The Morgan fingerprint density at radius 1 is 0.920 bits per heavy atom. The van der Waals surface area contributed by atoms with E-state index in [9.17, 15) is 24.5 Å². The summed E-state index contributed by atoms with van der Waals surface area (Å²) in [4.78, 5) is 45.9. The Balaban J connectivity index is 2.16. The summed E-state index contributed by atoms with van der Waals surface area (Å²) in [5, 5.41) is 15.4. The number of hydrogen-bond donors (Lipinski definition) is 2. The van der Waals surface area contributed by atoms with Gasteiger partial charge < -0.3 is 15.4 Å². The molecule has 2 aromatic carbocycles. The van der Waals surface area contributed by atoms with E-state index in [1.807, 2.05) is 0 Å². The van der Waals surface area contributed by atoms with Crippen LogP contribution < -0.4 is 10.6 Å². The van der Waals surface area contributed by atoms with Crippen molar-refractivity contribution in [1.82, 2.24) is 0 Å². The molecule has 128 valence electrons. The predicted molar refractivity (Wildman–Crippen MR) is 88.1 cm³/mol. The minimum atomic E-state index is -1.12. The second kappa shape index (κ2) is 7.68. The first-order valence-electron chi connectivity index (χ1n) is 6.97. The number of anilines is 2. The number of hydrogen-bond acceptors (Lipinski definition) is 6. The molecule has 0 saturated heterocycles. The minimum absolute atomic E-state index is 0.0665. The van der Waals surface area contributed by atoms with E-state index in [0.29, 0.717) is 0 Å². The number of esters is 1. The lowest BCUT2D eigenvalue weighted by atomic mass is 10.2. The highest BCUT2D eigenvalue weighted by Gasteiger charge is 2.21. The Hall–Kier alpha value is -3.75. The number of methoxy groups -OCH3 is 1. The average Bonchev–Trinajstić information content (AvgIpc) is 2.61. The molecular formula is C16H13N3O6. The first-order valence-corrected chi connectivity index (χ1v) is 6.97. The van der Waals surface area contributed by atoms with Crippen LogP contribution in [0, 0.1) is 10.1 Å². The molecule has 0 heterocycles. The number of carbonyl (C=O) groups excluding carboxylic acids is 3. The zero-order valence-electron chi connectivity index (χ0n) is 13.0. The lowest BCUT2D eigenvalue weighted by Crippen LogP contribution is -2.30. The smallest absolute Gasteiger partial charge is 0.339 e. The monoisotopic (exact) mass is 343 g/mol. The molecule has 9 heteroatoms. The number of nitrogens with one attached hydrogen (secondary N) is 2. The van der Waals surface area contributed by atoms with Gasteiger partial charge in [-0.1, -0.05) is 24.3 Å². The summed E-state index contributed by atoms with van der Waals surface area (Å²) in [5.74, 6) is -2.89. The third-order valence-corrected chi connectivity index (χ3v) is 3.14. The van der Waals surface area contributed by atoms with E-state index in [-0.39, 0.29) is 22.6 Å². The number of benzene rings is 2. The van der Waals surface area contributed by atoms with Crippen LogP contribution in [-0.4, -0.2) is 29.8 Å². The topological polar surface area (TPSA) is 128 Å². The van der Waals surface area contributed by atoms with Gasteiger partial charge in [-0.2, -0.15) is 0 Å². The molecule has 0 aliphatic heterocycles. The lowest BCUT2D eigenvalue weighted by Gasteiger charge is -2.10. The number of para-hydroxylation sites is 3. The van der Waals surface area contributed by atoms with E-state index in [2.05, 4.69) is 15.4 Å². The number of rotatable bonds is 4. The van der Waals surface area contributed by atoms with Crippen molar-refractivity contribution < 1.29 is 24.0 Å². The molecule has 0 fully saturated rings. The van der Waals surface area contributed by atoms with Crippen LogP contribution in [-0.2, 0) is 14.3 Å². The third-order valence-electron chi connectivity index (χ3n) is 3.14. The Morgan fingerprint density at radius 3 is 2.04 bits per heavy atom. The van der Waals surface area contributed by atoms with Gasteiger partial charge in [-0.25, -0.2) is 4.79 Å². The number of carbonyl (C=O) groups is 3. The summed E-state index contributed by atoms with van der Waals surface area (Å²) in [7, 11) is 1.18. The van der Waals surface area contributed by atoms with Gasteiger partial charge in [0.25, 0.3) is 5.69 Å². The highest BCUT2D eigenvalue weighted by atomic mass is 16.6. The maximum Gasteiger partial charge on any atom is 0.339 e. The second-order valence-corrected chi connectivity index (χ2v) is 4.72. The zero-order chi connectivity index (χ0) is 18.4. The number of nitrogens with zero attached hydrogens (tertiary/aromatic N) is 1. The Labute approximate surface area is 141 Å². The molecular weight excluding hydrogens is 330 g/mol. The Kier molecular flexibility index (Phi) is 5.41. The predicted octanol–water partition coefficient (Wildman–Crippen LogP) is 1.96. The van der Waals surface area contributed by atoms with Crippen molar-refractivity contribution in [3.8, 4) is 0 Å². The zero-order valence-corrected chi connectivity index (χ0v) is 13.0. The molecule has 0 radical (unpaired) electrons. The first kappa shape index (κ1) is 17.6. The summed E-state index contributed by atoms with van der Waals surface area (Å²) < 4.78 is 4.59. The molecule has 2 N–H and O–H groups in total. The van der Waals surface area contributed by atoms with Gasteiger partial charge in [0.1, 0.15) is 5.69 Å². The summed E-state index contributed by atoms with van der Waals surface area (Å²) >= 11 is 0. The van der Waals surface area contributed by atoms with Crippen LogP contribution in [0.15, 0.2) is 48.5 Å².